The topological polar surface area (TPSA) is 27.1 Å². The van der Waals surface area contributed by atoms with E-state index in [1.165, 1.54) is 0 Å². The van der Waals surface area contributed by atoms with Gasteiger partial charge in [-0.1, -0.05) is 0 Å². The lowest BCUT2D eigenvalue weighted by Crippen LogP contribution is -2.16. The van der Waals surface area contributed by atoms with Crippen molar-refractivity contribution in [2.45, 2.75) is 45.7 Å². The molecular weight excluding hydrogens is 212 g/mol. The summed E-state index contributed by atoms with van der Waals surface area (Å²) in [4.78, 5) is 0. The van der Waals surface area contributed by atoms with Crippen molar-refractivity contribution in [2.24, 2.45) is 0 Å². The van der Waals surface area contributed by atoms with Gasteiger partial charge in [-0.3, -0.25) is 4.68 Å². The van der Waals surface area contributed by atoms with Crippen LogP contribution >= 0.6 is 11.6 Å². The molecule has 0 aliphatic heterocycles. The van der Waals surface area contributed by atoms with E-state index in [9.17, 15) is 0 Å². The monoisotopic (exact) mass is 230 g/mol. The zero-order chi connectivity index (χ0) is 11.6. The lowest BCUT2D eigenvalue weighted by Gasteiger charge is -2.11. The lowest BCUT2D eigenvalue weighted by atomic mass is 10.1. The Morgan fingerprint density at radius 1 is 1.40 bits per heavy atom. The molecule has 0 saturated heterocycles. The van der Waals surface area contributed by atoms with E-state index in [1.807, 2.05) is 25.5 Å². The molecule has 1 aromatic heterocycles. The fourth-order valence-electron chi connectivity index (χ4n) is 1.78. The number of halogens is 1. The zero-order valence-corrected chi connectivity index (χ0v) is 10.8. The van der Waals surface area contributed by atoms with Gasteiger partial charge in [-0.15, -0.1) is 11.6 Å². The average molecular weight is 231 g/mol. The van der Waals surface area contributed by atoms with Gasteiger partial charge in [0.1, 0.15) is 0 Å². The van der Waals surface area contributed by atoms with E-state index in [2.05, 4.69) is 12.0 Å². The molecule has 3 nitrogen and oxygen atoms in total. The van der Waals surface area contributed by atoms with Gasteiger partial charge in [-0.2, -0.15) is 5.10 Å². The highest BCUT2D eigenvalue weighted by atomic mass is 35.5. The summed E-state index contributed by atoms with van der Waals surface area (Å²) < 4.78 is 7.19. The second kappa shape index (κ2) is 4.99. The van der Waals surface area contributed by atoms with Crippen LogP contribution in [0.2, 0.25) is 0 Å². The number of hydrogen-bond donors (Lipinski definition) is 0. The summed E-state index contributed by atoms with van der Waals surface area (Å²) in [5, 5.41) is 4.48. The van der Waals surface area contributed by atoms with E-state index >= 15 is 0 Å². The molecule has 0 spiro atoms. The highest BCUT2D eigenvalue weighted by Gasteiger charge is 2.16. The maximum atomic E-state index is 6.11. The number of rotatable bonds is 4. The molecule has 15 heavy (non-hydrogen) atoms. The molecule has 2 atom stereocenters. The third-order valence-corrected chi connectivity index (χ3v) is 2.89. The second-order valence-corrected chi connectivity index (χ2v) is 4.58. The van der Waals surface area contributed by atoms with Gasteiger partial charge >= 0.3 is 0 Å². The van der Waals surface area contributed by atoms with Gasteiger partial charge in [0.2, 0.25) is 0 Å². The molecule has 0 amide bonds. The van der Waals surface area contributed by atoms with Gasteiger partial charge in [-0.25, -0.2) is 0 Å². The Hall–Kier alpha value is -0.540. The molecule has 0 aliphatic carbocycles. The van der Waals surface area contributed by atoms with E-state index in [0.29, 0.717) is 0 Å². The fraction of sp³-hybridized carbons (Fsp3) is 0.727. The number of aryl methyl sites for hydroxylation is 1. The first kappa shape index (κ1) is 12.5. The summed E-state index contributed by atoms with van der Waals surface area (Å²) in [6.45, 7) is 8.82. The quantitative estimate of drug-likeness (QED) is 0.744. The molecule has 0 radical (unpaired) electrons. The van der Waals surface area contributed by atoms with Gasteiger partial charge in [0.25, 0.3) is 0 Å². The lowest BCUT2D eigenvalue weighted by molar-refractivity contribution is 0.0991. The minimum atomic E-state index is 0.0107. The first-order valence-electron chi connectivity index (χ1n) is 5.18. The number of aromatic nitrogens is 2. The molecule has 1 aromatic rings. The molecule has 2 unspecified atom stereocenters. The highest BCUT2D eigenvalue weighted by molar-refractivity contribution is 6.20. The zero-order valence-electron chi connectivity index (χ0n) is 10.0. The third kappa shape index (κ3) is 2.73. The van der Waals surface area contributed by atoms with Crippen molar-refractivity contribution < 1.29 is 4.74 Å². The first-order valence-corrected chi connectivity index (χ1v) is 5.61. The van der Waals surface area contributed by atoms with E-state index < -0.39 is 0 Å². The summed E-state index contributed by atoms with van der Waals surface area (Å²) in [6.07, 6.45) is 0.168. The fourth-order valence-corrected chi connectivity index (χ4v) is 2.10. The normalized spacial score (nSPS) is 15.3. The summed E-state index contributed by atoms with van der Waals surface area (Å²) in [5.74, 6) is 0. The Kier molecular flexibility index (Phi) is 4.17. The molecule has 1 heterocycles. The Morgan fingerprint density at radius 3 is 2.40 bits per heavy atom. The van der Waals surface area contributed by atoms with E-state index in [4.69, 9.17) is 16.3 Å². The van der Waals surface area contributed by atoms with Crippen molar-refractivity contribution in [1.82, 2.24) is 9.78 Å². The second-order valence-electron chi connectivity index (χ2n) is 3.93. The Bertz CT molecular complexity index is 334. The summed E-state index contributed by atoms with van der Waals surface area (Å²) in [6, 6.07) is 0. The van der Waals surface area contributed by atoms with Crippen molar-refractivity contribution >= 4 is 11.6 Å². The largest absolute Gasteiger partial charge is 0.380 e. The van der Waals surface area contributed by atoms with E-state index in [-0.39, 0.29) is 11.5 Å². The number of methoxy groups -OCH3 is 1. The minimum Gasteiger partial charge on any atom is -0.380 e. The predicted molar refractivity (Wildman–Crippen MR) is 62.4 cm³/mol. The molecule has 0 bridgehead atoms. The van der Waals surface area contributed by atoms with Crippen LogP contribution in [0.5, 0.6) is 0 Å². The van der Waals surface area contributed by atoms with Crippen LogP contribution in [0.4, 0.5) is 0 Å². The Balaban J connectivity index is 2.96. The smallest absolute Gasteiger partial charge is 0.0739 e. The van der Waals surface area contributed by atoms with Gasteiger partial charge < -0.3 is 4.74 Å². The van der Waals surface area contributed by atoms with Gasteiger partial charge in [0.15, 0.2) is 0 Å². The van der Waals surface area contributed by atoms with Crippen LogP contribution in [0.25, 0.3) is 0 Å². The molecule has 0 fully saturated rings. The number of hydrogen-bond acceptors (Lipinski definition) is 2. The summed E-state index contributed by atoms with van der Waals surface area (Å²) >= 11 is 6.11. The molecule has 4 heteroatoms. The summed E-state index contributed by atoms with van der Waals surface area (Å²) in [7, 11) is 1.71. The first-order chi connectivity index (χ1) is 6.97. The van der Waals surface area contributed by atoms with Crippen LogP contribution in [0.3, 0.4) is 0 Å². The molecule has 86 valence electrons. The minimum absolute atomic E-state index is 0.0107. The predicted octanol–water partition coefficient (Wildman–Crippen LogP) is 2.83. The number of nitrogens with zero attached hydrogens (tertiary/aromatic N) is 2. The van der Waals surface area contributed by atoms with Crippen molar-refractivity contribution in [3.05, 3.63) is 17.0 Å². The van der Waals surface area contributed by atoms with Crippen LogP contribution in [0.15, 0.2) is 0 Å². The number of ether oxygens (including phenoxy) is 1. The van der Waals surface area contributed by atoms with Gasteiger partial charge in [-0.05, 0) is 27.7 Å². The molecule has 0 N–H and O–H groups in total. The van der Waals surface area contributed by atoms with Crippen LogP contribution in [0, 0.1) is 13.8 Å². The molecule has 0 saturated carbocycles. The van der Waals surface area contributed by atoms with E-state index in [0.717, 1.165) is 23.5 Å². The average Bonchev–Trinajstić information content (AvgIpc) is 2.41. The Labute approximate surface area is 96.4 Å². The van der Waals surface area contributed by atoms with E-state index in [1.54, 1.807) is 7.11 Å². The maximum absolute atomic E-state index is 6.11. The van der Waals surface area contributed by atoms with Crippen molar-refractivity contribution in [3.8, 4) is 0 Å². The Morgan fingerprint density at radius 2 is 2.00 bits per heavy atom. The summed E-state index contributed by atoms with van der Waals surface area (Å²) in [5.41, 5.74) is 3.29. The standard InChI is InChI=1S/C11H19ClN2O/c1-7(15-5)6-14-10(4)11(8(2)12)9(3)13-14/h7-8H,6H2,1-5H3. The molecule has 0 aromatic carbocycles. The third-order valence-electron chi connectivity index (χ3n) is 2.67. The molecular formula is C11H19ClN2O. The van der Waals surface area contributed by atoms with Crippen molar-refractivity contribution in [3.63, 3.8) is 0 Å². The van der Waals surface area contributed by atoms with Gasteiger partial charge in [0, 0.05) is 18.4 Å². The highest BCUT2D eigenvalue weighted by Crippen LogP contribution is 2.26. The van der Waals surface area contributed by atoms with Crippen LogP contribution in [-0.4, -0.2) is 23.0 Å². The maximum Gasteiger partial charge on any atom is 0.0739 e. The van der Waals surface area contributed by atoms with Crippen molar-refractivity contribution in [1.29, 1.82) is 0 Å². The SMILES string of the molecule is COC(C)Cn1nc(C)c(C(C)Cl)c1C. The van der Waals surface area contributed by atoms with Crippen LogP contribution < -0.4 is 0 Å². The van der Waals surface area contributed by atoms with Crippen LogP contribution in [0.1, 0.15) is 36.2 Å². The van der Waals surface area contributed by atoms with Crippen LogP contribution in [-0.2, 0) is 11.3 Å². The number of alkyl halides is 1. The van der Waals surface area contributed by atoms with Gasteiger partial charge in [0.05, 0.1) is 23.7 Å². The molecule has 1 rings (SSSR count). The molecule has 0 aliphatic rings. The van der Waals surface area contributed by atoms with Crippen molar-refractivity contribution in [2.75, 3.05) is 7.11 Å².